The van der Waals surface area contributed by atoms with Crippen LogP contribution in [0.2, 0.25) is 0 Å². The Morgan fingerprint density at radius 2 is 1.21 bits per heavy atom. The molecule has 0 bridgehead atoms. The van der Waals surface area contributed by atoms with Gasteiger partial charge in [-0.15, -0.1) is 0 Å². The van der Waals surface area contributed by atoms with Crippen molar-refractivity contribution in [2.45, 2.75) is 104 Å². The lowest BCUT2D eigenvalue weighted by molar-refractivity contribution is -0.137. The number of unbranched alkanes of at least 4 members (excludes halogenated alkanes) is 12. The van der Waals surface area contributed by atoms with Crippen molar-refractivity contribution in [3.63, 3.8) is 0 Å². The summed E-state index contributed by atoms with van der Waals surface area (Å²) in [6, 6.07) is 0. The van der Waals surface area contributed by atoms with Crippen LogP contribution in [0.15, 0.2) is 12.7 Å². The first kappa shape index (κ1) is 25.4. The van der Waals surface area contributed by atoms with Crippen LogP contribution in [0.5, 0.6) is 0 Å². The maximum Gasteiger partial charge on any atom is 0.330 e. The highest BCUT2D eigenvalue weighted by Gasteiger charge is 1.95. The highest BCUT2D eigenvalue weighted by atomic mass is 16.5. The van der Waals surface area contributed by atoms with Crippen LogP contribution in [-0.2, 0) is 9.53 Å². The summed E-state index contributed by atoms with van der Waals surface area (Å²) >= 11 is 0. The van der Waals surface area contributed by atoms with Gasteiger partial charge in [0.05, 0.1) is 6.61 Å². The van der Waals surface area contributed by atoms with E-state index in [1.54, 1.807) is 0 Å². The molecule has 0 amide bonds. The van der Waals surface area contributed by atoms with Crippen LogP contribution in [0, 0.1) is 0 Å². The Kier molecular flexibility index (Phi) is 25.9. The summed E-state index contributed by atoms with van der Waals surface area (Å²) in [5.74, 6) is -0.309. The Morgan fingerprint density at radius 3 is 1.62 bits per heavy atom. The largest absolute Gasteiger partial charge is 0.463 e. The number of ether oxygens (including phenoxy) is 1. The minimum atomic E-state index is -0.309. The van der Waals surface area contributed by atoms with E-state index in [0.717, 1.165) is 19.3 Å². The van der Waals surface area contributed by atoms with E-state index in [9.17, 15) is 4.79 Å². The SMILES string of the molecule is C=CC(=O)OCCCCCCCCC.CCCCCCCCCO. The van der Waals surface area contributed by atoms with Crippen molar-refractivity contribution in [2.75, 3.05) is 13.2 Å². The molecule has 0 unspecified atom stereocenters. The van der Waals surface area contributed by atoms with Crippen LogP contribution in [0.4, 0.5) is 0 Å². The van der Waals surface area contributed by atoms with Gasteiger partial charge in [-0.1, -0.05) is 97.5 Å². The molecule has 0 saturated carbocycles. The van der Waals surface area contributed by atoms with Crippen LogP contribution in [0.25, 0.3) is 0 Å². The second-order valence-electron chi connectivity index (χ2n) is 6.34. The van der Waals surface area contributed by atoms with Crippen molar-refractivity contribution in [1.82, 2.24) is 0 Å². The first-order valence-corrected chi connectivity index (χ1v) is 10.1. The molecule has 0 aliphatic heterocycles. The molecule has 0 aromatic rings. The van der Waals surface area contributed by atoms with Crippen molar-refractivity contribution in [2.24, 2.45) is 0 Å². The lowest BCUT2D eigenvalue weighted by Crippen LogP contribution is -2.01. The van der Waals surface area contributed by atoms with E-state index < -0.39 is 0 Å². The Hall–Kier alpha value is -0.830. The minimum absolute atomic E-state index is 0.309. The summed E-state index contributed by atoms with van der Waals surface area (Å²) < 4.78 is 4.86. The molecule has 0 aliphatic carbocycles. The summed E-state index contributed by atoms with van der Waals surface area (Å²) in [7, 11) is 0. The normalized spacial score (nSPS) is 9.96. The van der Waals surface area contributed by atoms with Crippen LogP contribution in [0.1, 0.15) is 104 Å². The molecule has 0 fully saturated rings. The van der Waals surface area contributed by atoms with Crippen LogP contribution >= 0.6 is 0 Å². The second kappa shape index (κ2) is 24.4. The molecule has 0 aliphatic rings. The van der Waals surface area contributed by atoms with E-state index in [1.807, 2.05) is 0 Å². The van der Waals surface area contributed by atoms with Crippen molar-refractivity contribution in [3.8, 4) is 0 Å². The molecular weight excluding hydrogens is 300 g/mol. The smallest absolute Gasteiger partial charge is 0.330 e. The van der Waals surface area contributed by atoms with Crippen molar-refractivity contribution in [3.05, 3.63) is 12.7 Å². The molecule has 0 rings (SSSR count). The first-order valence-electron chi connectivity index (χ1n) is 10.1. The summed E-state index contributed by atoms with van der Waals surface area (Å²) in [4.78, 5) is 10.6. The molecule has 3 heteroatoms. The average molecular weight is 343 g/mol. The van der Waals surface area contributed by atoms with Crippen LogP contribution in [0.3, 0.4) is 0 Å². The lowest BCUT2D eigenvalue weighted by Gasteiger charge is -2.01. The molecule has 0 saturated heterocycles. The maximum absolute atomic E-state index is 10.6. The topological polar surface area (TPSA) is 46.5 Å². The number of hydrogen-bond acceptors (Lipinski definition) is 3. The number of aliphatic hydroxyl groups excluding tert-OH is 1. The third-order valence-electron chi connectivity index (χ3n) is 3.92. The van der Waals surface area contributed by atoms with Gasteiger partial charge in [0, 0.05) is 12.7 Å². The predicted molar refractivity (Wildman–Crippen MR) is 104 cm³/mol. The zero-order valence-corrected chi connectivity index (χ0v) is 16.4. The van der Waals surface area contributed by atoms with Gasteiger partial charge in [-0.05, 0) is 12.8 Å². The summed E-state index contributed by atoms with van der Waals surface area (Å²) in [5.41, 5.74) is 0. The quantitative estimate of drug-likeness (QED) is 0.206. The third-order valence-corrected chi connectivity index (χ3v) is 3.92. The average Bonchev–Trinajstić information content (AvgIpc) is 2.60. The van der Waals surface area contributed by atoms with Gasteiger partial charge in [-0.3, -0.25) is 0 Å². The number of carbonyl (C=O) groups excluding carboxylic acids is 1. The fourth-order valence-corrected chi connectivity index (χ4v) is 2.36. The Morgan fingerprint density at radius 1 is 0.792 bits per heavy atom. The number of aliphatic hydroxyl groups is 1. The second-order valence-corrected chi connectivity index (χ2v) is 6.34. The number of carbonyl (C=O) groups is 1. The molecule has 0 aromatic carbocycles. The fourth-order valence-electron chi connectivity index (χ4n) is 2.36. The molecule has 0 heterocycles. The van der Waals surface area contributed by atoms with E-state index >= 15 is 0 Å². The number of hydrogen-bond donors (Lipinski definition) is 1. The summed E-state index contributed by atoms with van der Waals surface area (Å²) in [6.45, 7) is 8.69. The zero-order chi connectivity index (χ0) is 18.3. The zero-order valence-electron chi connectivity index (χ0n) is 16.4. The van der Waals surface area contributed by atoms with Gasteiger partial charge in [0.1, 0.15) is 0 Å². The molecule has 24 heavy (non-hydrogen) atoms. The van der Waals surface area contributed by atoms with Crippen molar-refractivity contribution >= 4 is 5.97 Å². The van der Waals surface area contributed by atoms with Crippen LogP contribution in [-0.4, -0.2) is 24.3 Å². The monoisotopic (exact) mass is 342 g/mol. The Balaban J connectivity index is 0. The molecule has 144 valence electrons. The van der Waals surface area contributed by atoms with E-state index in [-0.39, 0.29) is 5.97 Å². The summed E-state index contributed by atoms with van der Waals surface area (Å²) in [5, 5.41) is 8.47. The van der Waals surface area contributed by atoms with E-state index in [4.69, 9.17) is 9.84 Å². The fraction of sp³-hybridized carbons (Fsp3) is 0.857. The predicted octanol–water partition coefficient (Wildman–Crippen LogP) is 6.20. The van der Waals surface area contributed by atoms with Gasteiger partial charge in [0.25, 0.3) is 0 Å². The molecule has 3 nitrogen and oxygen atoms in total. The molecule has 0 atom stereocenters. The van der Waals surface area contributed by atoms with Gasteiger partial charge in [0.15, 0.2) is 0 Å². The maximum atomic E-state index is 10.6. The van der Waals surface area contributed by atoms with E-state index in [0.29, 0.717) is 13.2 Å². The van der Waals surface area contributed by atoms with Crippen molar-refractivity contribution in [1.29, 1.82) is 0 Å². The van der Waals surface area contributed by atoms with Crippen molar-refractivity contribution < 1.29 is 14.6 Å². The Labute approximate surface area is 150 Å². The van der Waals surface area contributed by atoms with E-state index in [1.165, 1.54) is 76.7 Å². The number of rotatable bonds is 16. The third kappa shape index (κ3) is 26.1. The molecular formula is C21H42O3. The van der Waals surface area contributed by atoms with Gasteiger partial charge < -0.3 is 9.84 Å². The highest BCUT2D eigenvalue weighted by molar-refractivity contribution is 5.81. The number of esters is 1. The van der Waals surface area contributed by atoms with Gasteiger partial charge in [-0.25, -0.2) is 4.79 Å². The van der Waals surface area contributed by atoms with Gasteiger partial charge >= 0.3 is 5.97 Å². The first-order chi connectivity index (χ1) is 11.7. The van der Waals surface area contributed by atoms with E-state index in [2.05, 4.69) is 20.4 Å². The van der Waals surface area contributed by atoms with Gasteiger partial charge in [-0.2, -0.15) is 0 Å². The molecule has 0 radical (unpaired) electrons. The Bertz CT molecular complexity index is 243. The molecule has 0 spiro atoms. The highest BCUT2D eigenvalue weighted by Crippen LogP contribution is 2.07. The van der Waals surface area contributed by atoms with Gasteiger partial charge in [0.2, 0.25) is 0 Å². The standard InChI is InChI=1S/C12H22O2.C9H20O/c1-3-5-6-7-8-9-10-11-14-12(13)4-2;1-2-3-4-5-6-7-8-9-10/h4H,2-3,5-11H2,1H3;10H,2-9H2,1H3. The lowest BCUT2D eigenvalue weighted by atomic mass is 10.1. The molecule has 1 N–H and O–H groups in total. The van der Waals surface area contributed by atoms with Crippen LogP contribution < -0.4 is 0 Å². The summed E-state index contributed by atoms with van der Waals surface area (Å²) in [6.07, 6.45) is 18.8. The minimum Gasteiger partial charge on any atom is -0.463 e. The molecule has 0 aromatic heterocycles.